The van der Waals surface area contributed by atoms with Crippen molar-refractivity contribution in [2.24, 2.45) is 0 Å². The van der Waals surface area contributed by atoms with Crippen molar-refractivity contribution in [3.8, 4) is 5.69 Å². The summed E-state index contributed by atoms with van der Waals surface area (Å²) in [5, 5.41) is 7.69. The third-order valence-corrected chi connectivity index (χ3v) is 6.22. The van der Waals surface area contributed by atoms with E-state index in [2.05, 4.69) is 16.5 Å². The molecule has 1 fully saturated rings. The van der Waals surface area contributed by atoms with Gasteiger partial charge in [0.15, 0.2) is 0 Å². The van der Waals surface area contributed by atoms with Gasteiger partial charge >= 0.3 is 6.09 Å². The van der Waals surface area contributed by atoms with Gasteiger partial charge in [-0.15, -0.1) is 0 Å². The number of likely N-dealkylation sites (tertiary alicyclic amines) is 1. The van der Waals surface area contributed by atoms with Gasteiger partial charge in [0, 0.05) is 24.7 Å². The molecule has 2 heterocycles. The summed E-state index contributed by atoms with van der Waals surface area (Å²) >= 11 is 0. The van der Waals surface area contributed by atoms with E-state index in [9.17, 15) is 9.59 Å². The van der Waals surface area contributed by atoms with E-state index in [0.29, 0.717) is 18.7 Å². The number of piperidine rings is 1. The first-order valence-corrected chi connectivity index (χ1v) is 12.1. The number of aromatic nitrogens is 2. The van der Waals surface area contributed by atoms with Gasteiger partial charge < -0.3 is 15.0 Å². The normalized spacial score (nSPS) is 14.6. The minimum atomic E-state index is -0.529. The number of amides is 2. The molecule has 0 spiro atoms. The van der Waals surface area contributed by atoms with Crippen molar-refractivity contribution >= 4 is 17.7 Å². The highest BCUT2D eigenvalue weighted by atomic mass is 16.6. The largest absolute Gasteiger partial charge is 0.444 e. The van der Waals surface area contributed by atoms with Gasteiger partial charge in [-0.3, -0.25) is 4.79 Å². The first-order valence-electron chi connectivity index (χ1n) is 12.1. The Bertz CT molecular complexity index is 1200. The lowest BCUT2D eigenvalue weighted by Crippen LogP contribution is -2.41. The van der Waals surface area contributed by atoms with E-state index in [1.54, 1.807) is 11.1 Å². The zero-order chi connectivity index (χ0) is 25.2. The second-order valence-corrected chi connectivity index (χ2v) is 10.2. The SMILES string of the molecule is Cc1ccc(NC(=O)c2cnn(-c3ccccc3)c2C2CCN(C(=O)OC(C)(C)C)CC2)c(C)c1. The number of hydrogen-bond acceptors (Lipinski definition) is 4. The standard InChI is InChI=1S/C28H34N4O3/c1-19-11-12-24(20(2)17-19)30-26(33)23-18-29-32(22-9-7-6-8-10-22)25(23)21-13-15-31(16-14-21)27(34)35-28(3,4)5/h6-12,17-18,21H,13-16H2,1-5H3,(H,30,33). The van der Waals surface area contributed by atoms with E-state index in [1.807, 2.05) is 81.8 Å². The first-order chi connectivity index (χ1) is 16.6. The molecule has 4 rings (SSSR count). The average molecular weight is 475 g/mol. The summed E-state index contributed by atoms with van der Waals surface area (Å²) in [6.07, 6.45) is 2.81. The van der Waals surface area contributed by atoms with Gasteiger partial charge in [0.05, 0.1) is 23.1 Å². The number of aryl methyl sites for hydroxylation is 2. The molecule has 2 amide bonds. The molecule has 1 aromatic heterocycles. The maximum atomic E-state index is 13.4. The van der Waals surface area contributed by atoms with Gasteiger partial charge in [0.25, 0.3) is 5.91 Å². The third kappa shape index (κ3) is 5.73. The molecule has 1 N–H and O–H groups in total. The van der Waals surface area contributed by atoms with E-state index in [1.165, 1.54) is 0 Å². The predicted octanol–water partition coefficient (Wildman–Crippen LogP) is 5.86. The Labute approximate surface area is 207 Å². The Hall–Kier alpha value is -3.61. The summed E-state index contributed by atoms with van der Waals surface area (Å²) in [5.41, 5.74) is 4.77. The van der Waals surface area contributed by atoms with Crippen LogP contribution in [0.4, 0.5) is 10.5 Å². The summed E-state index contributed by atoms with van der Waals surface area (Å²) in [6.45, 7) is 10.8. The number of rotatable bonds is 4. The second-order valence-electron chi connectivity index (χ2n) is 10.2. The number of para-hydroxylation sites is 1. The van der Waals surface area contributed by atoms with Crippen LogP contribution in [0, 0.1) is 13.8 Å². The maximum absolute atomic E-state index is 13.4. The molecule has 1 aliphatic rings. The highest BCUT2D eigenvalue weighted by Gasteiger charge is 2.32. The Morgan fingerprint density at radius 2 is 1.71 bits per heavy atom. The number of anilines is 1. The first kappa shape index (κ1) is 24.5. The molecule has 0 unspecified atom stereocenters. The zero-order valence-electron chi connectivity index (χ0n) is 21.2. The number of hydrogen-bond donors (Lipinski definition) is 1. The van der Waals surface area contributed by atoms with Gasteiger partial charge in [-0.25, -0.2) is 9.48 Å². The average Bonchev–Trinajstić information content (AvgIpc) is 3.26. The molecule has 2 aromatic carbocycles. The molecule has 0 bridgehead atoms. The fraction of sp³-hybridized carbons (Fsp3) is 0.393. The fourth-order valence-corrected chi connectivity index (χ4v) is 4.51. The molecule has 0 aliphatic carbocycles. The van der Waals surface area contributed by atoms with Crippen molar-refractivity contribution in [1.82, 2.24) is 14.7 Å². The highest BCUT2D eigenvalue weighted by molar-refractivity contribution is 6.05. The molecule has 7 heteroatoms. The molecule has 1 aliphatic heterocycles. The maximum Gasteiger partial charge on any atom is 0.410 e. The van der Waals surface area contributed by atoms with Crippen molar-refractivity contribution in [3.63, 3.8) is 0 Å². The van der Waals surface area contributed by atoms with Crippen LogP contribution in [-0.4, -0.2) is 45.4 Å². The molecular formula is C28H34N4O3. The minimum absolute atomic E-state index is 0.0799. The molecule has 0 saturated carbocycles. The van der Waals surface area contributed by atoms with Crippen molar-refractivity contribution < 1.29 is 14.3 Å². The second kappa shape index (κ2) is 9.94. The van der Waals surface area contributed by atoms with Gasteiger partial charge in [-0.05, 0) is 71.2 Å². The lowest BCUT2D eigenvalue weighted by atomic mass is 9.90. The van der Waals surface area contributed by atoms with Crippen LogP contribution < -0.4 is 5.32 Å². The van der Waals surface area contributed by atoms with Gasteiger partial charge in [-0.2, -0.15) is 5.10 Å². The van der Waals surface area contributed by atoms with Gasteiger partial charge in [0.2, 0.25) is 0 Å². The van der Waals surface area contributed by atoms with Gasteiger partial charge in [0.1, 0.15) is 5.60 Å². The number of carbonyl (C=O) groups is 2. The predicted molar refractivity (Wildman–Crippen MR) is 137 cm³/mol. The van der Waals surface area contributed by atoms with Crippen molar-refractivity contribution in [2.75, 3.05) is 18.4 Å². The fourth-order valence-electron chi connectivity index (χ4n) is 4.51. The molecule has 0 radical (unpaired) electrons. The monoisotopic (exact) mass is 474 g/mol. The third-order valence-electron chi connectivity index (χ3n) is 6.22. The van der Waals surface area contributed by atoms with Crippen LogP contribution >= 0.6 is 0 Å². The molecule has 184 valence electrons. The summed E-state index contributed by atoms with van der Waals surface area (Å²) in [5.74, 6) is -0.0973. The number of benzene rings is 2. The van der Waals surface area contributed by atoms with E-state index < -0.39 is 5.60 Å². The van der Waals surface area contributed by atoms with Crippen LogP contribution in [0.25, 0.3) is 5.69 Å². The minimum Gasteiger partial charge on any atom is -0.444 e. The number of nitrogens with zero attached hydrogens (tertiary/aromatic N) is 3. The van der Waals surface area contributed by atoms with Crippen LogP contribution in [0.3, 0.4) is 0 Å². The Morgan fingerprint density at radius 3 is 2.34 bits per heavy atom. The van der Waals surface area contributed by atoms with E-state index >= 15 is 0 Å². The van der Waals surface area contributed by atoms with Gasteiger partial charge in [-0.1, -0.05) is 35.9 Å². The quantitative estimate of drug-likeness (QED) is 0.514. The molecule has 1 saturated heterocycles. The van der Waals surface area contributed by atoms with Crippen molar-refractivity contribution in [1.29, 1.82) is 0 Å². The van der Waals surface area contributed by atoms with Crippen LogP contribution in [0.2, 0.25) is 0 Å². The molecule has 35 heavy (non-hydrogen) atoms. The summed E-state index contributed by atoms with van der Waals surface area (Å²) in [6, 6.07) is 15.8. The molecular weight excluding hydrogens is 440 g/mol. The van der Waals surface area contributed by atoms with Crippen LogP contribution in [0.1, 0.15) is 66.7 Å². The van der Waals surface area contributed by atoms with Crippen LogP contribution in [0.5, 0.6) is 0 Å². The smallest absolute Gasteiger partial charge is 0.410 e. The van der Waals surface area contributed by atoms with E-state index in [4.69, 9.17) is 4.74 Å². The van der Waals surface area contributed by atoms with Crippen LogP contribution in [-0.2, 0) is 4.74 Å². The lowest BCUT2D eigenvalue weighted by molar-refractivity contribution is 0.0203. The Morgan fingerprint density at radius 1 is 1.03 bits per heavy atom. The number of ether oxygens (including phenoxy) is 1. The molecule has 3 aromatic rings. The number of carbonyl (C=O) groups excluding carboxylic acids is 2. The lowest BCUT2D eigenvalue weighted by Gasteiger charge is -2.34. The van der Waals surface area contributed by atoms with Crippen molar-refractivity contribution in [2.45, 2.75) is 59.0 Å². The Balaban J connectivity index is 1.61. The van der Waals surface area contributed by atoms with E-state index in [0.717, 1.165) is 41.0 Å². The van der Waals surface area contributed by atoms with E-state index in [-0.39, 0.29) is 17.9 Å². The number of nitrogens with one attached hydrogen (secondary N) is 1. The topological polar surface area (TPSA) is 76.5 Å². The molecule has 0 atom stereocenters. The molecule has 7 nitrogen and oxygen atoms in total. The van der Waals surface area contributed by atoms with Crippen LogP contribution in [0.15, 0.2) is 54.7 Å². The van der Waals surface area contributed by atoms with Crippen molar-refractivity contribution in [3.05, 3.63) is 77.1 Å². The Kier molecular flexibility index (Phi) is 6.96. The zero-order valence-corrected chi connectivity index (χ0v) is 21.2. The summed E-state index contributed by atoms with van der Waals surface area (Å²) < 4.78 is 7.42. The summed E-state index contributed by atoms with van der Waals surface area (Å²) in [7, 11) is 0. The highest BCUT2D eigenvalue weighted by Crippen LogP contribution is 2.33. The summed E-state index contributed by atoms with van der Waals surface area (Å²) in [4.78, 5) is 27.7.